The van der Waals surface area contributed by atoms with E-state index in [1.165, 1.54) is 17.5 Å². The van der Waals surface area contributed by atoms with Gasteiger partial charge in [-0.15, -0.1) is 11.3 Å². The van der Waals surface area contributed by atoms with Gasteiger partial charge < -0.3 is 10.6 Å². The number of hydrogen-bond donors (Lipinski definition) is 3. The third-order valence-corrected chi connectivity index (χ3v) is 7.06. The summed E-state index contributed by atoms with van der Waals surface area (Å²) >= 11 is 4.39. The minimum absolute atomic E-state index is 0.0345. The average Bonchev–Trinajstić information content (AvgIpc) is 3.49. The van der Waals surface area contributed by atoms with Crippen LogP contribution in [-0.2, 0) is 10.5 Å². The van der Waals surface area contributed by atoms with Crippen molar-refractivity contribution in [2.45, 2.75) is 43.6 Å². The van der Waals surface area contributed by atoms with Gasteiger partial charge in [0.2, 0.25) is 5.95 Å². The zero-order valence-electron chi connectivity index (χ0n) is 16.3. The standard InChI is InChI=1S/C19H16BrF3N6O2S/c20-10-6-3-7-12-13(10)26-16-27-15(31)18(29(12)16,19(21,22)23)28-14(30)11-8-32-17(25-11)24-9-4-1-2-5-9/h3,6-9H,1-2,4-5H2,(H,24,25)(H,28,30)(H,26,27,31). The number of rotatable bonds is 4. The van der Waals surface area contributed by atoms with Crippen LogP contribution in [0.15, 0.2) is 28.1 Å². The summed E-state index contributed by atoms with van der Waals surface area (Å²) in [6.45, 7) is 0. The van der Waals surface area contributed by atoms with E-state index in [0.29, 0.717) is 14.2 Å². The van der Waals surface area contributed by atoms with Gasteiger partial charge in [-0.2, -0.15) is 13.2 Å². The number of nitrogens with zero attached hydrogens (tertiary/aromatic N) is 3. The Kier molecular flexibility index (Phi) is 4.93. The highest BCUT2D eigenvalue weighted by molar-refractivity contribution is 9.10. The lowest BCUT2D eigenvalue weighted by Gasteiger charge is -2.31. The Morgan fingerprint density at radius 2 is 2.03 bits per heavy atom. The maximum atomic E-state index is 14.4. The second-order valence-corrected chi connectivity index (χ2v) is 9.37. The van der Waals surface area contributed by atoms with Crippen molar-refractivity contribution in [2.75, 3.05) is 10.6 Å². The van der Waals surface area contributed by atoms with E-state index >= 15 is 0 Å². The third-order valence-electron chi connectivity index (χ3n) is 5.65. The molecular weight excluding hydrogens is 513 g/mol. The summed E-state index contributed by atoms with van der Waals surface area (Å²) in [5, 5.41) is 9.09. The minimum Gasteiger partial charge on any atom is -0.359 e. The van der Waals surface area contributed by atoms with Crippen LogP contribution < -0.4 is 16.0 Å². The Morgan fingerprint density at radius 1 is 1.28 bits per heavy atom. The normalized spacial score (nSPS) is 21.1. The molecule has 13 heteroatoms. The number of amides is 2. The Balaban J connectivity index is 1.53. The average molecular weight is 529 g/mol. The van der Waals surface area contributed by atoms with Crippen molar-refractivity contribution in [2.24, 2.45) is 0 Å². The summed E-state index contributed by atoms with van der Waals surface area (Å²) in [5.41, 5.74) is -3.31. The highest BCUT2D eigenvalue weighted by Gasteiger charge is 2.67. The second kappa shape index (κ2) is 7.44. The largest absolute Gasteiger partial charge is 0.440 e. The molecule has 1 saturated carbocycles. The van der Waals surface area contributed by atoms with Crippen molar-refractivity contribution in [1.29, 1.82) is 0 Å². The van der Waals surface area contributed by atoms with Gasteiger partial charge in [-0.1, -0.05) is 18.9 Å². The van der Waals surface area contributed by atoms with E-state index in [4.69, 9.17) is 0 Å². The van der Waals surface area contributed by atoms with Gasteiger partial charge in [0.25, 0.3) is 17.5 Å². The van der Waals surface area contributed by atoms with Crippen LogP contribution >= 0.6 is 27.3 Å². The van der Waals surface area contributed by atoms with Crippen molar-refractivity contribution in [3.05, 3.63) is 33.7 Å². The molecule has 5 rings (SSSR count). The molecule has 8 nitrogen and oxygen atoms in total. The van der Waals surface area contributed by atoms with Gasteiger partial charge in [0, 0.05) is 15.9 Å². The quantitative estimate of drug-likeness (QED) is 0.471. The smallest absolute Gasteiger partial charge is 0.359 e. The van der Waals surface area contributed by atoms with Crippen molar-refractivity contribution < 1.29 is 22.8 Å². The molecule has 2 aliphatic rings. The molecule has 3 aromatic rings. The molecule has 3 N–H and O–H groups in total. The molecule has 1 unspecified atom stereocenters. The Labute approximate surface area is 191 Å². The van der Waals surface area contributed by atoms with Crippen molar-refractivity contribution in [1.82, 2.24) is 19.9 Å². The van der Waals surface area contributed by atoms with Crippen LogP contribution in [0, 0.1) is 0 Å². The number of carbonyl (C=O) groups excluding carboxylic acids is 2. The molecule has 168 valence electrons. The molecule has 32 heavy (non-hydrogen) atoms. The van der Waals surface area contributed by atoms with Crippen LogP contribution in [0.1, 0.15) is 36.2 Å². The Morgan fingerprint density at radius 3 is 2.75 bits per heavy atom. The van der Waals surface area contributed by atoms with Crippen LogP contribution in [0.2, 0.25) is 0 Å². The van der Waals surface area contributed by atoms with E-state index in [1.54, 1.807) is 6.07 Å². The van der Waals surface area contributed by atoms with Crippen molar-refractivity contribution >= 4 is 61.2 Å². The number of benzene rings is 1. The third kappa shape index (κ3) is 3.17. The number of halogens is 4. The first-order valence-corrected chi connectivity index (χ1v) is 11.5. The number of imidazole rings is 1. The number of thiazole rings is 1. The summed E-state index contributed by atoms with van der Waals surface area (Å²) in [6.07, 6.45) is -1.02. The summed E-state index contributed by atoms with van der Waals surface area (Å²) in [7, 11) is 0. The van der Waals surface area contributed by atoms with Crippen LogP contribution in [0.3, 0.4) is 0 Å². The van der Waals surface area contributed by atoms with E-state index in [1.807, 2.05) is 5.32 Å². The number of hydrogen-bond acceptors (Lipinski definition) is 6. The molecule has 2 amide bonds. The molecule has 1 aromatic carbocycles. The molecular formula is C19H16BrF3N6O2S. The Bertz CT molecular complexity index is 1240. The summed E-state index contributed by atoms with van der Waals surface area (Å²) in [6, 6.07) is 4.77. The van der Waals surface area contributed by atoms with Crippen molar-refractivity contribution in [3.8, 4) is 0 Å². The molecule has 1 atom stereocenters. The van der Waals surface area contributed by atoms with E-state index in [0.717, 1.165) is 37.0 Å². The predicted octanol–water partition coefficient (Wildman–Crippen LogP) is 4.21. The molecule has 0 saturated heterocycles. The number of alkyl halides is 3. The fraction of sp³-hybridized carbons (Fsp3) is 0.368. The zero-order valence-corrected chi connectivity index (χ0v) is 18.7. The molecule has 1 aliphatic heterocycles. The number of para-hydroxylation sites is 1. The summed E-state index contributed by atoms with van der Waals surface area (Å²) in [5.74, 6) is -2.86. The second-order valence-electron chi connectivity index (χ2n) is 7.66. The van der Waals surface area contributed by atoms with Gasteiger partial charge in [0.15, 0.2) is 5.13 Å². The van der Waals surface area contributed by atoms with Crippen LogP contribution in [0.25, 0.3) is 11.0 Å². The topological polar surface area (TPSA) is 101 Å². The van der Waals surface area contributed by atoms with Gasteiger partial charge in [0.05, 0.1) is 5.52 Å². The fourth-order valence-electron chi connectivity index (χ4n) is 4.14. The van der Waals surface area contributed by atoms with Crippen LogP contribution in [0.4, 0.5) is 24.3 Å². The molecule has 1 aliphatic carbocycles. The molecule has 0 spiro atoms. The number of anilines is 2. The van der Waals surface area contributed by atoms with Crippen molar-refractivity contribution in [3.63, 3.8) is 0 Å². The molecule has 0 bridgehead atoms. The first kappa shape index (κ1) is 21.2. The summed E-state index contributed by atoms with van der Waals surface area (Å²) in [4.78, 5) is 33.7. The number of aromatic nitrogens is 3. The molecule has 3 heterocycles. The van der Waals surface area contributed by atoms with E-state index in [-0.39, 0.29) is 28.7 Å². The van der Waals surface area contributed by atoms with Gasteiger partial charge in [-0.05, 0) is 40.9 Å². The van der Waals surface area contributed by atoms with E-state index < -0.39 is 23.7 Å². The number of carbonyl (C=O) groups is 2. The highest BCUT2D eigenvalue weighted by atomic mass is 79.9. The van der Waals surface area contributed by atoms with Gasteiger partial charge >= 0.3 is 6.18 Å². The number of fused-ring (bicyclic) bond motifs is 3. The van der Waals surface area contributed by atoms with Gasteiger partial charge in [0.1, 0.15) is 11.2 Å². The SMILES string of the molecule is O=C(NC1(C(F)(F)F)C(=O)Nc2nc3c(Br)cccc3n21)c1csc(NC2CCCC2)n1. The number of nitrogens with one attached hydrogen (secondary N) is 3. The van der Waals surface area contributed by atoms with E-state index in [2.05, 4.69) is 36.5 Å². The zero-order chi connectivity index (χ0) is 22.7. The minimum atomic E-state index is -5.16. The van der Waals surface area contributed by atoms with Gasteiger partial charge in [-0.25, -0.2) is 9.97 Å². The lowest BCUT2D eigenvalue weighted by molar-refractivity contribution is -0.213. The van der Waals surface area contributed by atoms with Crippen LogP contribution in [0.5, 0.6) is 0 Å². The van der Waals surface area contributed by atoms with Gasteiger partial charge in [-0.3, -0.25) is 19.5 Å². The maximum absolute atomic E-state index is 14.4. The predicted molar refractivity (Wildman–Crippen MR) is 116 cm³/mol. The first-order valence-electron chi connectivity index (χ1n) is 9.81. The lowest BCUT2D eigenvalue weighted by atomic mass is 10.1. The molecule has 1 fully saturated rings. The fourth-order valence-corrected chi connectivity index (χ4v) is 5.35. The Hall–Kier alpha value is -2.67. The van der Waals surface area contributed by atoms with Crippen LogP contribution in [-0.4, -0.2) is 38.6 Å². The van der Waals surface area contributed by atoms with E-state index in [9.17, 15) is 22.8 Å². The molecule has 0 radical (unpaired) electrons. The monoisotopic (exact) mass is 528 g/mol. The highest BCUT2D eigenvalue weighted by Crippen LogP contribution is 2.45. The first-order chi connectivity index (χ1) is 15.2. The summed E-state index contributed by atoms with van der Waals surface area (Å²) < 4.78 is 44.4. The molecule has 2 aromatic heterocycles. The lowest BCUT2D eigenvalue weighted by Crippen LogP contribution is -2.63. The maximum Gasteiger partial charge on any atom is 0.440 e.